The molecule has 1 aromatic carbocycles. The minimum absolute atomic E-state index is 0.156. The summed E-state index contributed by atoms with van der Waals surface area (Å²) in [6.45, 7) is 8.19. The van der Waals surface area contributed by atoms with Gasteiger partial charge in [-0.25, -0.2) is 0 Å². The van der Waals surface area contributed by atoms with Crippen LogP contribution < -0.4 is 10.9 Å². The van der Waals surface area contributed by atoms with E-state index in [1.807, 2.05) is 30.3 Å². The maximum absolute atomic E-state index is 5.46. The zero-order chi connectivity index (χ0) is 15.4. The lowest BCUT2D eigenvalue weighted by atomic mass is 9.83. The van der Waals surface area contributed by atoms with Crippen LogP contribution in [0.5, 0.6) is 0 Å². The van der Waals surface area contributed by atoms with Crippen molar-refractivity contribution >= 4 is 5.69 Å². The van der Waals surface area contributed by atoms with E-state index in [-0.39, 0.29) is 5.41 Å². The summed E-state index contributed by atoms with van der Waals surface area (Å²) in [7, 11) is 0. The Hall–Kier alpha value is -1.94. The van der Waals surface area contributed by atoms with Gasteiger partial charge in [0.25, 0.3) is 0 Å². The molecule has 0 unspecified atom stereocenters. The highest BCUT2D eigenvalue weighted by molar-refractivity contribution is 5.43. The van der Waals surface area contributed by atoms with Crippen molar-refractivity contribution in [2.75, 3.05) is 31.7 Å². The van der Waals surface area contributed by atoms with E-state index >= 15 is 0 Å². The van der Waals surface area contributed by atoms with E-state index in [1.54, 1.807) is 0 Å². The second-order valence-electron chi connectivity index (χ2n) is 6.62. The van der Waals surface area contributed by atoms with Gasteiger partial charge in [-0.2, -0.15) is 0 Å². The second kappa shape index (κ2) is 6.44. The van der Waals surface area contributed by atoms with Crippen LogP contribution in [-0.4, -0.2) is 31.2 Å². The number of rotatable bonds is 4. The Kier molecular flexibility index (Phi) is 4.39. The molecule has 2 aliphatic rings. The van der Waals surface area contributed by atoms with Crippen LogP contribution in [0.1, 0.15) is 20.3 Å². The Balaban J connectivity index is 1.70. The third-order valence-corrected chi connectivity index (χ3v) is 4.05. The third kappa shape index (κ3) is 3.83. The monoisotopic (exact) mass is 299 g/mol. The van der Waals surface area contributed by atoms with Gasteiger partial charge >= 0.3 is 0 Å². The van der Waals surface area contributed by atoms with Crippen molar-refractivity contribution in [3.8, 4) is 0 Å². The van der Waals surface area contributed by atoms with E-state index in [0.29, 0.717) is 0 Å². The van der Waals surface area contributed by atoms with Crippen LogP contribution in [0.25, 0.3) is 0 Å². The molecule has 3 rings (SSSR count). The fourth-order valence-electron chi connectivity index (χ4n) is 3.00. The highest BCUT2D eigenvalue weighted by Crippen LogP contribution is 2.34. The Morgan fingerprint density at radius 3 is 2.50 bits per heavy atom. The third-order valence-electron chi connectivity index (χ3n) is 4.05. The maximum Gasteiger partial charge on any atom is 0.0642 e. The molecule has 0 spiro atoms. The zero-order valence-corrected chi connectivity index (χ0v) is 13.4. The van der Waals surface area contributed by atoms with Crippen LogP contribution in [0, 0.1) is 5.41 Å². The molecule has 1 aliphatic heterocycles. The number of hydrazine groups is 1. The predicted octanol–water partition coefficient (Wildman–Crippen LogP) is 3.13. The summed E-state index contributed by atoms with van der Waals surface area (Å²) in [5, 5.41) is 0. The lowest BCUT2D eigenvalue weighted by Crippen LogP contribution is -2.38. The first-order valence-electron chi connectivity index (χ1n) is 7.96. The Morgan fingerprint density at radius 1 is 1.05 bits per heavy atom. The Labute approximate surface area is 132 Å². The molecule has 22 heavy (non-hydrogen) atoms. The molecule has 1 aliphatic carbocycles. The quantitative estimate of drug-likeness (QED) is 0.838. The highest BCUT2D eigenvalue weighted by Gasteiger charge is 2.26. The van der Waals surface area contributed by atoms with Gasteiger partial charge in [-0.1, -0.05) is 38.1 Å². The fourth-order valence-corrected chi connectivity index (χ4v) is 3.00. The highest BCUT2D eigenvalue weighted by atomic mass is 16.5. The SMILES string of the molecule is CC1(C)C=C(NNc2ccccc2)C=C(N2CCOCC2)C1. The number of hydrogen-bond donors (Lipinski definition) is 2. The minimum atomic E-state index is 0.156. The summed E-state index contributed by atoms with van der Waals surface area (Å²) in [6, 6.07) is 10.2. The van der Waals surface area contributed by atoms with E-state index in [9.17, 15) is 0 Å². The van der Waals surface area contributed by atoms with Crippen molar-refractivity contribution in [3.05, 3.63) is 53.9 Å². The van der Waals surface area contributed by atoms with Crippen LogP contribution in [0.3, 0.4) is 0 Å². The smallest absolute Gasteiger partial charge is 0.0642 e. The number of anilines is 1. The molecule has 4 nitrogen and oxygen atoms in total. The molecule has 1 saturated heterocycles. The fraction of sp³-hybridized carbons (Fsp3) is 0.444. The van der Waals surface area contributed by atoms with Crippen molar-refractivity contribution in [3.63, 3.8) is 0 Å². The summed E-state index contributed by atoms with van der Waals surface area (Å²) in [6.07, 6.45) is 5.63. The number of allylic oxidation sites excluding steroid dienone is 3. The molecular weight excluding hydrogens is 274 g/mol. The number of nitrogens with one attached hydrogen (secondary N) is 2. The normalized spacial score (nSPS) is 20.9. The van der Waals surface area contributed by atoms with Crippen molar-refractivity contribution in [2.24, 2.45) is 5.41 Å². The molecule has 1 aromatic rings. The standard InChI is InChI=1S/C18H25N3O/c1-18(2)13-16(20-19-15-6-4-3-5-7-15)12-17(14-18)21-8-10-22-11-9-21/h3-7,12-13,19-20H,8-11,14H2,1-2H3. The second-order valence-corrected chi connectivity index (χ2v) is 6.62. The van der Waals surface area contributed by atoms with Crippen LogP contribution in [0.15, 0.2) is 53.9 Å². The lowest BCUT2D eigenvalue weighted by molar-refractivity contribution is 0.0499. The zero-order valence-electron chi connectivity index (χ0n) is 13.4. The molecule has 0 saturated carbocycles. The largest absolute Gasteiger partial charge is 0.378 e. The first-order valence-corrected chi connectivity index (χ1v) is 7.96. The first-order chi connectivity index (χ1) is 10.6. The van der Waals surface area contributed by atoms with Crippen LogP contribution >= 0.6 is 0 Å². The van der Waals surface area contributed by atoms with E-state index < -0.39 is 0 Å². The molecule has 0 amide bonds. The maximum atomic E-state index is 5.46. The van der Waals surface area contributed by atoms with E-state index in [0.717, 1.165) is 44.1 Å². The lowest BCUT2D eigenvalue weighted by Gasteiger charge is -2.37. The molecule has 0 aromatic heterocycles. The van der Waals surface area contributed by atoms with Gasteiger partial charge in [0.15, 0.2) is 0 Å². The van der Waals surface area contributed by atoms with Crippen molar-refractivity contribution < 1.29 is 4.74 Å². The van der Waals surface area contributed by atoms with Crippen LogP contribution in [0.2, 0.25) is 0 Å². The molecule has 2 N–H and O–H groups in total. The van der Waals surface area contributed by atoms with Crippen LogP contribution in [-0.2, 0) is 4.74 Å². The average Bonchev–Trinajstić information content (AvgIpc) is 2.53. The summed E-state index contributed by atoms with van der Waals surface area (Å²) in [5.74, 6) is 0. The summed E-state index contributed by atoms with van der Waals surface area (Å²) < 4.78 is 5.46. The van der Waals surface area contributed by atoms with Gasteiger partial charge in [0.05, 0.1) is 24.6 Å². The number of benzene rings is 1. The van der Waals surface area contributed by atoms with E-state index in [4.69, 9.17) is 4.74 Å². The van der Waals surface area contributed by atoms with Gasteiger partial charge in [-0.05, 0) is 30.0 Å². The van der Waals surface area contributed by atoms with Crippen molar-refractivity contribution in [1.82, 2.24) is 10.3 Å². The molecular formula is C18H25N3O. The van der Waals surface area contributed by atoms with Gasteiger partial charge in [-0.15, -0.1) is 0 Å². The Bertz CT molecular complexity index is 557. The van der Waals surface area contributed by atoms with E-state index in [2.05, 4.69) is 41.8 Å². The average molecular weight is 299 g/mol. The topological polar surface area (TPSA) is 36.5 Å². The van der Waals surface area contributed by atoms with Gasteiger partial charge in [0, 0.05) is 18.8 Å². The number of morpholine rings is 1. The molecule has 0 bridgehead atoms. The summed E-state index contributed by atoms with van der Waals surface area (Å²) >= 11 is 0. The number of para-hydroxylation sites is 1. The summed E-state index contributed by atoms with van der Waals surface area (Å²) in [5.41, 5.74) is 10.4. The first kappa shape index (κ1) is 15.0. The minimum Gasteiger partial charge on any atom is -0.378 e. The molecule has 4 heteroatoms. The number of nitrogens with zero attached hydrogens (tertiary/aromatic N) is 1. The van der Waals surface area contributed by atoms with Gasteiger partial charge in [0.1, 0.15) is 0 Å². The molecule has 118 valence electrons. The van der Waals surface area contributed by atoms with Gasteiger partial charge in [0.2, 0.25) is 0 Å². The van der Waals surface area contributed by atoms with Crippen molar-refractivity contribution in [2.45, 2.75) is 20.3 Å². The molecule has 0 radical (unpaired) electrons. The number of hydrogen-bond acceptors (Lipinski definition) is 4. The van der Waals surface area contributed by atoms with Crippen LogP contribution in [0.4, 0.5) is 5.69 Å². The Morgan fingerprint density at radius 2 is 1.77 bits per heavy atom. The number of ether oxygens (including phenoxy) is 1. The van der Waals surface area contributed by atoms with Crippen molar-refractivity contribution in [1.29, 1.82) is 0 Å². The molecule has 1 heterocycles. The molecule has 0 atom stereocenters. The molecule has 1 fully saturated rings. The van der Waals surface area contributed by atoms with Gasteiger partial charge < -0.3 is 20.5 Å². The van der Waals surface area contributed by atoms with Gasteiger partial charge in [-0.3, -0.25) is 0 Å². The summed E-state index contributed by atoms with van der Waals surface area (Å²) in [4.78, 5) is 2.45. The predicted molar refractivity (Wildman–Crippen MR) is 90.2 cm³/mol. The van der Waals surface area contributed by atoms with E-state index in [1.165, 1.54) is 5.70 Å².